The predicted octanol–water partition coefficient (Wildman–Crippen LogP) is 6.79. The smallest absolute Gasteiger partial charge is 0.266 e. The number of aryl methyl sites for hydroxylation is 1. The largest absolute Gasteiger partial charge is 0.488 e. The van der Waals surface area contributed by atoms with Crippen molar-refractivity contribution < 1.29 is 9.53 Å². The predicted molar refractivity (Wildman–Crippen MR) is 128 cm³/mol. The van der Waals surface area contributed by atoms with Crippen LogP contribution in [0.3, 0.4) is 0 Å². The van der Waals surface area contributed by atoms with Gasteiger partial charge in [-0.05, 0) is 81.5 Å². The van der Waals surface area contributed by atoms with Gasteiger partial charge in [-0.1, -0.05) is 48.9 Å². The molecule has 3 rings (SSSR count). The van der Waals surface area contributed by atoms with Crippen LogP contribution in [-0.2, 0) is 17.8 Å². The van der Waals surface area contributed by atoms with Gasteiger partial charge in [-0.15, -0.1) is 0 Å². The molecule has 0 saturated carbocycles. The molecule has 0 fully saturated rings. The molecule has 4 nitrogen and oxygen atoms in total. The molecule has 0 aliphatic rings. The second-order valence-electron chi connectivity index (χ2n) is 6.78. The molecule has 6 heteroatoms. The van der Waals surface area contributed by atoms with Gasteiger partial charge in [0, 0.05) is 10.7 Å². The van der Waals surface area contributed by atoms with Crippen LogP contribution in [0.25, 0.3) is 6.08 Å². The van der Waals surface area contributed by atoms with Gasteiger partial charge >= 0.3 is 0 Å². The van der Waals surface area contributed by atoms with Crippen LogP contribution in [0, 0.1) is 11.3 Å². The van der Waals surface area contributed by atoms with Gasteiger partial charge in [0.2, 0.25) is 0 Å². The van der Waals surface area contributed by atoms with Crippen molar-refractivity contribution in [3.05, 3.63) is 98.5 Å². The first-order valence-corrected chi connectivity index (χ1v) is 10.8. The summed E-state index contributed by atoms with van der Waals surface area (Å²) in [6.07, 6.45) is 2.46. The number of carbonyl (C=O) groups is 1. The van der Waals surface area contributed by atoms with Crippen LogP contribution in [-0.4, -0.2) is 5.91 Å². The van der Waals surface area contributed by atoms with Crippen molar-refractivity contribution >= 4 is 45.2 Å². The number of anilines is 1. The maximum Gasteiger partial charge on any atom is 0.266 e. The average Bonchev–Trinajstić information content (AvgIpc) is 2.77. The molecule has 3 aromatic rings. The fraction of sp³-hybridized carbons (Fsp3) is 0.120. The third-order valence-electron chi connectivity index (χ3n) is 4.54. The number of halogens is 2. The lowest BCUT2D eigenvalue weighted by Gasteiger charge is -2.09. The topological polar surface area (TPSA) is 62.1 Å². The average molecular weight is 496 g/mol. The first kappa shape index (κ1) is 22.6. The Labute approximate surface area is 195 Å². The zero-order chi connectivity index (χ0) is 22.2. The summed E-state index contributed by atoms with van der Waals surface area (Å²) in [5.41, 5.74) is 3.50. The summed E-state index contributed by atoms with van der Waals surface area (Å²) in [7, 11) is 0. The minimum atomic E-state index is -0.454. The number of hydrogen-bond donors (Lipinski definition) is 1. The minimum absolute atomic E-state index is 0.0130. The summed E-state index contributed by atoms with van der Waals surface area (Å²) < 4.78 is 6.56. The maximum absolute atomic E-state index is 12.5. The van der Waals surface area contributed by atoms with E-state index in [0.717, 1.165) is 16.5 Å². The molecular weight excluding hydrogens is 476 g/mol. The SMILES string of the molecule is CCc1ccc(NC(=O)/C(C#N)=C/c2ccc(OCc3cccc(Cl)c3)c(Br)c2)cc1. The van der Waals surface area contributed by atoms with Gasteiger partial charge in [0.15, 0.2) is 0 Å². The molecule has 3 aromatic carbocycles. The Kier molecular flexibility index (Phi) is 7.88. The van der Waals surface area contributed by atoms with Crippen molar-refractivity contribution in [1.82, 2.24) is 0 Å². The van der Waals surface area contributed by atoms with Crippen LogP contribution in [0.1, 0.15) is 23.6 Å². The highest BCUT2D eigenvalue weighted by Gasteiger charge is 2.11. The lowest BCUT2D eigenvalue weighted by Crippen LogP contribution is -2.13. The van der Waals surface area contributed by atoms with Gasteiger partial charge in [-0.3, -0.25) is 4.79 Å². The van der Waals surface area contributed by atoms with E-state index in [1.165, 1.54) is 5.56 Å². The third kappa shape index (κ3) is 6.45. The zero-order valence-corrected chi connectivity index (χ0v) is 19.2. The molecule has 1 amide bonds. The minimum Gasteiger partial charge on any atom is -0.488 e. The fourth-order valence-electron chi connectivity index (χ4n) is 2.85. The molecule has 0 spiro atoms. The second kappa shape index (κ2) is 10.8. The lowest BCUT2D eigenvalue weighted by molar-refractivity contribution is -0.112. The van der Waals surface area contributed by atoms with Crippen molar-refractivity contribution in [2.75, 3.05) is 5.32 Å². The van der Waals surface area contributed by atoms with Crippen molar-refractivity contribution in [2.45, 2.75) is 20.0 Å². The summed E-state index contributed by atoms with van der Waals surface area (Å²) in [5.74, 6) is 0.195. The molecule has 0 heterocycles. The number of nitriles is 1. The van der Waals surface area contributed by atoms with Crippen LogP contribution >= 0.6 is 27.5 Å². The molecule has 31 heavy (non-hydrogen) atoms. The monoisotopic (exact) mass is 494 g/mol. The number of carbonyl (C=O) groups excluding carboxylic acids is 1. The highest BCUT2D eigenvalue weighted by atomic mass is 79.9. The molecule has 0 aliphatic carbocycles. The standard InChI is InChI=1S/C25H20BrClN2O2/c1-2-17-6-9-22(10-7-17)29-25(30)20(15-28)12-18-8-11-24(23(26)14-18)31-16-19-4-3-5-21(27)13-19/h3-14H,2,16H2,1H3,(H,29,30)/b20-12+. The Bertz CT molecular complexity index is 1150. The van der Waals surface area contributed by atoms with E-state index < -0.39 is 5.91 Å². The normalized spacial score (nSPS) is 11.0. The van der Waals surface area contributed by atoms with Crippen molar-refractivity contribution in [1.29, 1.82) is 5.26 Å². The van der Waals surface area contributed by atoms with Gasteiger partial charge in [-0.2, -0.15) is 5.26 Å². The number of nitrogens with one attached hydrogen (secondary N) is 1. The summed E-state index contributed by atoms with van der Waals surface area (Å²) >= 11 is 9.49. The van der Waals surface area contributed by atoms with E-state index in [0.29, 0.717) is 28.6 Å². The maximum atomic E-state index is 12.5. The van der Waals surface area contributed by atoms with Gasteiger partial charge in [0.1, 0.15) is 24.0 Å². The van der Waals surface area contributed by atoms with Crippen LogP contribution in [0.2, 0.25) is 5.02 Å². The van der Waals surface area contributed by atoms with Gasteiger partial charge in [0.05, 0.1) is 4.47 Å². The molecule has 1 N–H and O–H groups in total. The number of nitrogens with zero attached hydrogens (tertiary/aromatic N) is 1. The van der Waals surface area contributed by atoms with E-state index in [2.05, 4.69) is 28.2 Å². The molecular formula is C25H20BrClN2O2. The summed E-state index contributed by atoms with van der Waals surface area (Å²) in [6.45, 7) is 2.44. The number of benzene rings is 3. The number of hydrogen-bond acceptors (Lipinski definition) is 3. The molecule has 0 saturated heterocycles. The Morgan fingerprint density at radius 3 is 2.55 bits per heavy atom. The molecule has 0 aromatic heterocycles. The molecule has 0 atom stereocenters. The van der Waals surface area contributed by atoms with E-state index in [-0.39, 0.29) is 5.57 Å². The van der Waals surface area contributed by atoms with Crippen LogP contribution in [0.4, 0.5) is 5.69 Å². The van der Waals surface area contributed by atoms with Gasteiger partial charge < -0.3 is 10.1 Å². The van der Waals surface area contributed by atoms with E-state index in [9.17, 15) is 10.1 Å². The van der Waals surface area contributed by atoms with Crippen LogP contribution in [0.5, 0.6) is 5.75 Å². The molecule has 0 aliphatic heterocycles. The van der Waals surface area contributed by atoms with E-state index in [1.807, 2.05) is 54.6 Å². The van der Waals surface area contributed by atoms with Gasteiger partial charge in [-0.25, -0.2) is 0 Å². The van der Waals surface area contributed by atoms with Crippen LogP contribution in [0.15, 0.2) is 76.8 Å². The Morgan fingerprint density at radius 2 is 1.90 bits per heavy atom. The van der Waals surface area contributed by atoms with Gasteiger partial charge in [0.25, 0.3) is 5.91 Å². The Hall–Kier alpha value is -3.07. The van der Waals surface area contributed by atoms with E-state index >= 15 is 0 Å². The number of ether oxygens (including phenoxy) is 1. The summed E-state index contributed by atoms with van der Waals surface area (Å²) in [4.78, 5) is 12.5. The van der Waals surface area contributed by atoms with Crippen LogP contribution < -0.4 is 10.1 Å². The lowest BCUT2D eigenvalue weighted by atomic mass is 10.1. The molecule has 0 radical (unpaired) electrons. The first-order chi connectivity index (χ1) is 15.0. The molecule has 0 unspecified atom stereocenters. The number of rotatable bonds is 7. The highest BCUT2D eigenvalue weighted by Crippen LogP contribution is 2.28. The summed E-state index contributed by atoms with van der Waals surface area (Å²) in [5, 5.41) is 12.9. The fourth-order valence-corrected chi connectivity index (χ4v) is 3.57. The van der Waals surface area contributed by atoms with Crippen molar-refractivity contribution in [3.8, 4) is 11.8 Å². The first-order valence-electron chi connectivity index (χ1n) is 9.67. The van der Waals surface area contributed by atoms with Crippen molar-refractivity contribution in [3.63, 3.8) is 0 Å². The molecule has 156 valence electrons. The van der Waals surface area contributed by atoms with E-state index in [4.69, 9.17) is 16.3 Å². The Morgan fingerprint density at radius 1 is 1.13 bits per heavy atom. The summed E-state index contributed by atoms with van der Waals surface area (Å²) in [6, 6.07) is 22.4. The van der Waals surface area contributed by atoms with E-state index in [1.54, 1.807) is 24.3 Å². The Balaban J connectivity index is 1.69. The molecule has 0 bridgehead atoms. The highest BCUT2D eigenvalue weighted by molar-refractivity contribution is 9.10. The zero-order valence-electron chi connectivity index (χ0n) is 16.9. The quantitative estimate of drug-likeness (QED) is 0.290. The number of amides is 1. The van der Waals surface area contributed by atoms with Crippen molar-refractivity contribution in [2.24, 2.45) is 0 Å². The second-order valence-corrected chi connectivity index (χ2v) is 8.07. The third-order valence-corrected chi connectivity index (χ3v) is 5.39.